The van der Waals surface area contributed by atoms with Gasteiger partial charge in [-0.05, 0) is 19.9 Å². The molecule has 4 heteroatoms. The van der Waals surface area contributed by atoms with Gasteiger partial charge < -0.3 is 10.1 Å². The molecule has 15 heavy (non-hydrogen) atoms. The van der Waals surface area contributed by atoms with Gasteiger partial charge in [0.15, 0.2) is 0 Å². The molecule has 0 radical (unpaired) electrons. The Morgan fingerprint density at radius 3 is 2.93 bits per heavy atom. The summed E-state index contributed by atoms with van der Waals surface area (Å²) in [7, 11) is 0. The Bertz CT molecular complexity index is 273. The first-order valence-electron chi connectivity index (χ1n) is 5.40. The van der Waals surface area contributed by atoms with E-state index in [9.17, 15) is 0 Å². The van der Waals surface area contributed by atoms with Gasteiger partial charge in [-0.3, -0.25) is 0 Å². The van der Waals surface area contributed by atoms with Crippen LogP contribution in [0, 0.1) is 6.92 Å². The van der Waals surface area contributed by atoms with Gasteiger partial charge in [0.2, 0.25) is 0 Å². The number of thiazole rings is 1. The summed E-state index contributed by atoms with van der Waals surface area (Å²) in [6, 6.07) is 0.562. The van der Waals surface area contributed by atoms with Gasteiger partial charge in [-0.25, -0.2) is 4.98 Å². The molecule has 0 unspecified atom stereocenters. The number of ether oxygens (including phenoxy) is 1. The first kappa shape index (κ1) is 12.6. The highest BCUT2D eigenvalue weighted by Crippen LogP contribution is 2.09. The minimum atomic E-state index is 0.562. The van der Waals surface area contributed by atoms with E-state index in [1.165, 1.54) is 0 Å². The molecular weight excluding hydrogens is 208 g/mol. The molecule has 0 saturated heterocycles. The van der Waals surface area contributed by atoms with Crippen LogP contribution in [0.3, 0.4) is 0 Å². The van der Waals surface area contributed by atoms with E-state index in [1.54, 1.807) is 11.3 Å². The van der Waals surface area contributed by atoms with Gasteiger partial charge in [-0.15, -0.1) is 11.3 Å². The SMILES string of the molecule is Cc1csc(COCCCNC(C)C)n1. The second kappa shape index (κ2) is 6.93. The van der Waals surface area contributed by atoms with Gasteiger partial charge >= 0.3 is 0 Å². The average molecular weight is 228 g/mol. The lowest BCUT2D eigenvalue weighted by Crippen LogP contribution is -2.24. The maximum absolute atomic E-state index is 5.52. The maximum atomic E-state index is 5.52. The molecule has 0 atom stereocenters. The van der Waals surface area contributed by atoms with E-state index in [-0.39, 0.29) is 0 Å². The fourth-order valence-electron chi connectivity index (χ4n) is 1.19. The van der Waals surface area contributed by atoms with E-state index in [0.29, 0.717) is 12.6 Å². The van der Waals surface area contributed by atoms with Crippen molar-refractivity contribution in [2.75, 3.05) is 13.2 Å². The van der Waals surface area contributed by atoms with Crippen LogP contribution in [0.25, 0.3) is 0 Å². The smallest absolute Gasteiger partial charge is 0.119 e. The molecule has 1 rings (SSSR count). The number of rotatable bonds is 7. The van der Waals surface area contributed by atoms with Crippen LogP contribution < -0.4 is 5.32 Å². The van der Waals surface area contributed by atoms with E-state index in [2.05, 4.69) is 29.5 Å². The highest BCUT2D eigenvalue weighted by molar-refractivity contribution is 7.09. The Morgan fingerprint density at radius 1 is 1.53 bits per heavy atom. The molecule has 0 amide bonds. The number of nitrogens with one attached hydrogen (secondary N) is 1. The van der Waals surface area contributed by atoms with Crippen molar-refractivity contribution in [1.82, 2.24) is 10.3 Å². The minimum Gasteiger partial charge on any atom is -0.374 e. The topological polar surface area (TPSA) is 34.1 Å². The molecule has 0 spiro atoms. The highest BCUT2D eigenvalue weighted by atomic mass is 32.1. The first-order valence-corrected chi connectivity index (χ1v) is 6.28. The molecule has 1 aromatic heterocycles. The monoisotopic (exact) mass is 228 g/mol. The maximum Gasteiger partial charge on any atom is 0.119 e. The van der Waals surface area contributed by atoms with Crippen molar-refractivity contribution in [2.24, 2.45) is 0 Å². The van der Waals surface area contributed by atoms with E-state index in [1.807, 2.05) is 6.92 Å². The molecule has 0 saturated carbocycles. The zero-order valence-electron chi connectivity index (χ0n) is 9.75. The van der Waals surface area contributed by atoms with Gasteiger partial charge in [-0.2, -0.15) is 0 Å². The lowest BCUT2D eigenvalue weighted by atomic mass is 10.3. The number of aromatic nitrogens is 1. The lowest BCUT2D eigenvalue weighted by molar-refractivity contribution is 0.118. The number of hydrogen-bond donors (Lipinski definition) is 1. The Kier molecular flexibility index (Phi) is 5.83. The van der Waals surface area contributed by atoms with Crippen molar-refractivity contribution in [1.29, 1.82) is 0 Å². The van der Waals surface area contributed by atoms with E-state index < -0.39 is 0 Å². The molecule has 0 aromatic carbocycles. The molecule has 0 bridgehead atoms. The van der Waals surface area contributed by atoms with E-state index in [0.717, 1.165) is 30.3 Å². The zero-order valence-corrected chi connectivity index (χ0v) is 10.6. The van der Waals surface area contributed by atoms with Crippen LogP contribution in [-0.2, 0) is 11.3 Å². The average Bonchev–Trinajstić information content (AvgIpc) is 2.57. The molecule has 0 fully saturated rings. The van der Waals surface area contributed by atoms with Crippen LogP contribution in [-0.4, -0.2) is 24.2 Å². The van der Waals surface area contributed by atoms with Crippen molar-refractivity contribution in [3.63, 3.8) is 0 Å². The van der Waals surface area contributed by atoms with E-state index in [4.69, 9.17) is 4.74 Å². The van der Waals surface area contributed by atoms with Gasteiger partial charge in [0.25, 0.3) is 0 Å². The van der Waals surface area contributed by atoms with Gasteiger partial charge in [0, 0.05) is 23.7 Å². The summed E-state index contributed by atoms with van der Waals surface area (Å²) >= 11 is 1.67. The van der Waals surface area contributed by atoms with Crippen molar-refractivity contribution in [3.05, 3.63) is 16.1 Å². The fourth-order valence-corrected chi connectivity index (χ4v) is 1.90. The van der Waals surface area contributed by atoms with Gasteiger partial charge in [0.05, 0.1) is 6.61 Å². The largest absolute Gasteiger partial charge is 0.374 e. The van der Waals surface area contributed by atoms with Crippen molar-refractivity contribution >= 4 is 11.3 Å². The summed E-state index contributed by atoms with van der Waals surface area (Å²) in [5.74, 6) is 0. The van der Waals surface area contributed by atoms with Crippen LogP contribution >= 0.6 is 11.3 Å². The first-order chi connectivity index (χ1) is 7.18. The molecule has 0 aliphatic rings. The second-order valence-corrected chi connectivity index (χ2v) is 4.84. The molecule has 0 aliphatic heterocycles. The number of aryl methyl sites for hydroxylation is 1. The Morgan fingerprint density at radius 2 is 2.33 bits per heavy atom. The van der Waals surface area contributed by atoms with Crippen molar-refractivity contribution in [3.8, 4) is 0 Å². The van der Waals surface area contributed by atoms with Crippen molar-refractivity contribution in [2.45, 2.75) is 39.8 Å². The van der Waals surface area contributed by atoms with Crippen LogP contribution in [0.15, 0.2) is 5.38 Å². The third-order valence-electron chi connectivity index (χ3n) is 1.91. The quantitative estimate of drug-likeness (QED) is 0.727. The van der Waals surface area contributed by atoms with Gasteiger partial charge in [0.1, 0.15) is 5.01 Å². The normalized spacial score (nSPS) is 11.2. The number of hydrogen-bond acceptors (Lipinski definition) is 4. The molecule has 1 heterocycles. The minimum absolute atomic E-state index is 0.562. The highest BCUT2D eigenvalue weighted by Gasteiger charge is 1.98. The molecule has 1 N–H and O–H groups in total. The summed E-state index contributed by atoms with van der Waals surface area (Å²) in [5, 5.41) is 6.48. The fraction of sp³-hybridized carbons (Fsp3) is 0.727. The molecule has 3 nitrogen and oxygen atoms in total. The van der Waals surface area contributed by atoms with Crippen LogP contribution in [0.4, 0.5) is 0 Å². The third kappa shape index (κ3) is 5.87. The predicted molar refractivity (Wildman–Crippen MR) is 64.3 cm³/mol. The van der Waals surface area contributed by atoms with E-state index >= 15 is 0 Å². The third-order valence-corrected chi connectivity index (χ3v) is 2.85. The summed E-state index contributed by atoms with van der Waals surface area (Å²) in [6.07, 6.45) is 1.06. The molecule has 0 aliphatic carbocycles. The zero-order chi connectivity index (χ0) is 11.1. The van der Waals surface area contributed by atoms with Crippen LogP contribution in [0.5, 0.6) is 0 Å². The Hall–Kier alpha value is -0.450. The Balaban J connectivity index is 1.98. The standard InChI is InChI=1S/C11H20N2OS/c1-9(2)12-5-4-6-14-7-11-13-10(3)8-15-11/h8-9,12H,4-7H2,1-3H3. The molecular formula is C11H20N2OS. The lowest BCUT2D eigenvalue weighted by Gasteiger charge is -2.07. The second-order valence-electron chi connectivity index (χ2n) is 3.90. The molecule has 86 valence electrons. The molecule has 1 aromatic rings. The van der Waals surface area contributed by atoms with Gasteiger partial charge in [-0.1, -0.05) is 13.8 Å². The van der Waals surface area contributed by atoms with Crippen LogP contribution in [0.2, 0.25) is 0 Å². The summed E-state index contributed by atoms with van der Waals surface area (Å²) < 4.78 is 5.52. The summed E-state index contributed by atoms with van der Waals surface area (Å²) in [5.41, 5.74) is 1.08. The summed E-state index contributed by atoms with van der Waals surface area (Å²) in [4.78, 5) is 4.33. The predicted octanol–water partition coefficient (Wildman–Crippen LogP) is 2.36. The Labute approximate surface area is 95.9 Å². The van der Waals surface area contributed by atoms with Crippen molar-refractivity contribution < 1.29 is 4.74 Å². The van der Waals surface area contributed by atoms with Crippen LogP contribution in [0.1, 0.15) is 31.0 Å². The summed E-state index contributed by atoms with van der Waals surface area (Å²) in [6.45, 7) is 8.79. The number of nitrogens with zero attached hydrogens (tertiary/aromatic N) is 1.